The number of hydrogen-bond acceptors (Lipinski definition) is 3. The molecule has 0 atom stereocenters. The number of carbonyl (C=O) groups excluding carboxylic acids is 1. The molecule has 0 spiro atoms. The second kappa shape index (κ2) is 6.57. The standard InChI is InChI=1S/C15H17ClN2O2/c1-10-13(11(2)20-18-10)7-8-15(19)17-9-12-5-3-4-6-14(12)16/h3-6H,7-9H2,1-2H3,(H,17,19). The van der Waals surface area contributed by atoms with Crippen LogP contribution in [0.3, 0.4) is 0 Å². The lowest BCUT2D eigenvalue weighted by atomic mass is 10.1. The predicted molar refractivity (Wildman–Crippen MR) is 77.6 cm³/mol. The van der Waals surface area contributed by atoms with Crippen molar-refractivity contribution in [2.24, 2.45) is 0 Å². The molecule has 1 N–H and O–H groups in total. The van der Waals surface area contributed by atoms with Crippen LogP contribution in [0.15, 0.2) is 28.8 Å². The molecule has 4 nitrogen and oxygen atoms in total. The van der Waals surface area contributed by atoms with Crippen molar-refractivity contribution in [3.05, 3.63) is 51.9 Å². The molecule has 0 aliphatic heterocycles. The van der Waals surface area contributed by atoms with E-state index in [-0.39, 0.29) is 5.91 Å². The monoisotopic (exact) mass is 292 g/mol. The minimum absolute atomic E-state index is 0.00933. The fourth-order valence-corrected chi connectivity index (χ4v) is 2.22. The summed E-state index contributed by atoms with van der Waals surface area (Å²) in [6.45, 7) is 4.19. The Balaban J connectivity index is 1.83. The van der Waals surface area contributed by atoms with Gasteiger partial charge in [-0.1, -0.05) is 35.0 Å². The fraction of sp³-hybridized carbons (Fsp3) is 0.333. The average Bonchev–Trinajstić information content (AvgIpc) is 2.75. The van der Waals surface area contributed by atoms with Crippen LogP contribution in [0, 0.1) is 13.8 Å². The number of carbonyl (C=O) groups is 1. The normalized spacial score (nSPS) is 10.6. The van der Waals surface area contributed by atoms with Crippen molar-refractivity contribution in [3.63, 3.8) is 0 Å². The molecule has 2 aromatic rings. The van der Waals surface area contributed by atoms with Crippen LogP contribution in [0.2, 0.25) is 5.02 Å². The van der Waals surface area contributed by atoms with Crippen LogP contribution in [-0.4, -0.2) is 11.1 Å². The summed E-state index contributed by atoms with van der Waals surface area (Å²) >= 11 is 6.04. The van der Waals surface area contributed by atoms with Gasteiger partial charge in [-0.15, -0.1) is 0 Å². The first-order valence-corrected chi connectivity index (χ1v) is 6.87. The Hall–Kier alpha value is -1.81. The number of rotatable bonds is 5. The van der Waals surface area contributed by atoms with E-state index in [0.717, 1.165) is 22.6 Å². The Kier molecular flexibility index (Phi) is 4.79. The van der Waals surface area contributed by atoms with Crippen molar-refractivity contribution >= 4 is 17.5 Å². The first kappa shape index (κ1) is 14.6. The molecule has 0 aliphatic carbocycles. The Labute approximate surface area is 123 Å². The van der Waals surface area contributed by atoms with Gasteiger partial charge in [0.15, 0.2) is 0 Å². The van der Waals surface area contributed by atoms with Crippen LogP contribution < -0.4 is 5.32 Å². The van der Waals surface area contributed by atoms with Crippen LogP contribution in [0.5, 0.6) is 0 Å². The van der Waals surface area contributed by atoms with Gasteiger partial charge in [0.25, 0.3) is 0 Å². The number of halogens is 1. The second-order valence-electron chi connectivity index (χ2n) is 4.67. The van der Waals surface area contributed by atoms with Gasteiger partial charge in [0.05, 0.1) is 5.69 Å². The van der Waals surface area contributed by atoms with E-state index in [9.17, 15) is 4.79 Å². The zero-order valence-electron chi connectivity index (χ0n) is 11.6. The SMILES string of the molecule is Cc1noc(C)c1CCC(=O)NCc1ccccc1Cl. The molecule has 0 saturated heterocycles. The molecule has 0 saturated carbocycles. The maximum absolute atomic E-state index is 11.8. The van der Waals surface area contributed by atoms with Gasteiger partial charge >= 0.3 is 0 Å². The molecular formula is C15H17ClN2O2. The molecule has 1 aromatic carbocycles. The molecule has 0 bridgehead atoms. The van der Waals surface area contributed by atoms with Gasteiger partial charge in [-0.25, -0.2) is 0 Å². The third-order valence-corrected chi connectivity index (χ3v) is 3.59. The topological polar surface area (TPSA) is 55.1 Å². The average molecular weight is 293 g/mol. The van der Waals surface area contributed by atoms with Crippen LogP contribution in [-0.2, 0) is 17.8 Å². The van der Waals surface area contributed by atoms with Crippen molar-refractivity contribution in [1.29, 1.82) is 0 Å². The highest BCUT2D eigenvalue weighted by Gasteiger charge is 2.11. The number of amides is 1. The number of aromatic nitrogens is 1. The lowest BCUT2D eigenvalue weighted by Crippen LogP contribution is -2.23. The maximum atomic E-state index is 11.8. The summed E-state index contributed by atoms with van der Waals surface area (Å²) in [5.41, 5.74) is 2.78. The molecule has 0 aliphatic rings. The lowest BCUT2D eigenvalue weighted by molar-refractivity contribution is -0.121. The van der Waals surface area contributed by atoms with Gasteiger partial charge in [0, 0.05) is 23.6 Å². The maximum Gasteiger partial charge on any atom is 0.220 e. The van der Waals surface area contributed by atoms with E-state index >= 15 is 0 Å². The zero-order valence-corrected chi connectivity index (χ0v) is 12.3. The van der Waals surface area contributed by atoms with Crippen molar-refractivity contribution in [1.82, 2.24) is 10.5 Å². The van der Waals surface area contributed by atoms with E-state index in [1.54, 1.807) is 0 Å². The molecule has 1 aromatic heterocycles. The van der Waals surface area contributed by atoms with Gasteiger partial charge in [-0.05, 0) is 31.9 Å². The molecule has 0 fully saturated rings. The third-order valence-electron chi connectivity index (χ3n) is 3.22. The van der Waals surface area contributed by atoms with Gasteiger partial charge in [0.1, 0.15) is 5.76 Å². The number of nitrogens with zero attached hydrogens (tertiary/aromatic N) is 1. The summed E-state index contributed by atoms with van der Waals surface area (Å²) in [4.78, 5) is 11.8. The molecule has 0 radical (unpaired) electrons. The Morgan fingerprint density at radius 2 is 2.10 bits per heavy atom. The summed E-state index contributed by atoms with van der Waals surface area (Å²) in [5.74, 6) is 0.770. The van der Waals surface area contributed by atoms with Crippen LogP contribution >= 0.6 is 11.6 Å². The molecule has 5 heteroatoms. The molecule has 1 heterocycles. The van der Waals surface area contributed by atoms with Gasteiger partial charge < -0.3 is 9.84 Å². The van der Waals surface area contributed by atoms with Crippen molar-refractivity contribution in [2.45, 2.75) is 33.2 Å². The second-order valence-corrected chi connectivity index (χ2v) is 5.08. The molecule has 106 valence electrons. The summed E-state index contributed by atoms with van der Waals surface area (Å²) in [6.07, 6.45) is 1.04. The van der Waals surface area contributed by atoms with Crippen LogP contribution in [0.4, 0.5) is 0 Å². The minimum atomic E-state index is -0.00933. The number of aryl methyl sites for hydroxylation is 2. The van der Waals surface area contributed by atoms with E-state index in [1.165, 1.54) is 0 Å². The highest BCUT2D eigenvalue weighted by molar-refractivity contribution is 6.31. The van der Waals surface area contributed by atoms with Crippen LogP contribution in [0.1, 0.15) is 29.0 Å². The minimum Gasteiger partial charge on any atom is -0.361 e. The van der Waals surface area contributed by atoms with Gasteiger partial charge in [0.2, 0.25) is 5.91 Å². The Morgan fingerprint density at radius 1 is 1.35 bits per heavy atom. The molecule has 20 heavy (non-hydrogen) atoms. The summed E-state index contributed by atoms with van der Waals surface area (Å²) in [5, 5.41) is 7.41. The van der Waals surface area contributed by atoms with E-state index in [2.05, 4.69) is 10.5 Å². The number of benzene rings is 1. The van der Waals surface area contributed by atoms with Crippen molar-refractivity contribution in [3.8, 4) is 0 Å². The van der Waals surface area contributed by atoms with E-state index in [0.29, 0.717) is 24.4 Å². The summed E-state index contributed by atoms with van der Waals surface area (Å²) in [7, 11) is 0. The van der Waals surface area contributed by atoms with Crippen molar-refractivity contribution < 1.29 is 9.32 Å². The highest BCUT2D eigenvalue weighted by Crippen LogP contribution is 2.15. The lowest BCUT2D eigenvalue weighted by Gasteiger charge is -2.06. The van der Waals surface area contributed by atoms with Crippen LogP contribution in [0.25, 0.3) is 0 Å². The van der Waals surface area contributed by atoms with E-state index in [4.69, 9.17) is 16.1 Å². The highest BCUT2D eigenvalue weighted by atomic mass is 35.5. The number of nitrogens with one attached hydrogen (secondary N) is 1. The quantitative estimate of drug-likeness (QED) is 0.921. The smallest absolute Gasteiger partial charge is 0.220 e. The first-order valence-electron chi connectivity index (χ1n) is 6.49. The fourth-order valence-electron chi connectivity index (χ4n) is 2.02. The van der Waals surface area contributed by atoms with E-state index in [1.807, 2.05) is 38.1 Å². The predicted octanol–water partition coefficient (Wildman–Crippen LogP) is 3.19. The summed E-state index contributed by atoms with van der Waals surface area (Å²) < 4.78 is 5.07. The largest absolute Gasteiger partial charge is 0.361 e. The van der Waals surface area contributed by atoms with Gasteiger partial charge in [-0.3, -0.25) is 4.79 Å². The molecular weight excluding hydrogens is 276 g/mol. The summed E-state index contributed by atoms with van der Waals surface area (Å²) in [6, 6.07) is 7.48. The molecule has 1 amide bonds. The Bertz CT molecular complexity index is 588. The first-order chi connectivity index (χ1) is 9.58. The van der Waals surface area contributed by atoms with Gasteiger partial charge in [-0.2, -0.15) is 0 Å². The number of hydrogen-bond donors (Lipinski definition) is 1. The molecule has 2 rings (SSSR count). The zero-order chi connectivity index (χ0) is 14.5. The molecule has 0 unspecified atom stereocenters. The third kappa shape index (κ3) is 3.61. The van der Waals surface area contributed by atoms with E-state index < -0.39 is 0 Å². The Morgan fingerprint density at radius 3 is 2.75 bits per heavy atom. The van der Waals surface area contributed by atoms with Crippen molar-refractivity contribution in [2.75, 3.05) is 0 Å².